The van der Waals surface area contributed by atoms with E-state index in [1.807, 2.05) is 45.9 Å². The first kappa shape index (κ1) is 27.7. The van der Waals surface area contributed by atoms with Gasteiger partial charge in [0.1, 0.15) is 17.1 Å². The van der Waals surface area contributed by atoms with Crippen molar-refractivity contribution >= 4 is 5.91 Å². The number of hydrogen-bond donors (Lipinski definition) is 2. The van der Waals surface area contributed by atoms with Crippen molar-refractivity contribution < 1.29 is 23.9 Å². The molecule has 1 saturated heterocycles. The number of carbonyl (C=O) groups excluding carboxylic acids is 1. The van der Waals surface area contributed by atoms with E-state index < -0.39 is 5.60 Å². The number of nitrogens with zero attached hydrogens (tertiary/aromatic N) is 2. The van der Waals surface area contributed by atoms with E-state index in [1.165, 1.54) is 5.56 Å². The minimum atomic E-state index is -0.427. The predicted molar refractivity (Wildman–Crippen MR) is 148 cm³/mol. The van der Waals surface area contributed by atoms with E-state index in [1.54, 1.807) is 6.07 Å². The normalized spacial score (nSPS) is 14.6. The summed E-state index contributed by atoms with van der Waals surface area (Å²) in [7, 11) is 0. The SMILES string of the molecule is CCNC(=O)c1noc(-c2cc(C(C)C)c(OC(C)(C)C)cc2O)c1-c1ccc(CN2CCOCC2)cc1. The Bertz CT molecular complexity index is 1250. The number of phenols is 1. The molecule has 1 aliphatic rings. The number of benzene rings is 2. The molecule has 1 amide bonds. The maximum Gasteiger partial charge on any atom is 0.274 e. The maximum absolute atomic E-state index is 12.9. The van der Waals surface area contributed by atoms with Crippen LogP contribution in [0.15, 0.2) is 40.9 Å². The van der Waals surface area contributed by atoms with Gasteiger partial charge in [-0.2, -0.15) is 0 Å². The second-order valence-corrected chi connectivity index (χ2v) is 11.0. The molecule has 2 N–H and O–H groups in total. The maximum atomic E-state index is 12.9. The summed E-state index contributed by atoms with van der Waals surface area (Å²) in [5.41, 5.74) is 3.65. The van der Waals surface area contributed by atoms with Crippen LogP contribution in [0.25, 0.3) is 22.5 Å². The number of hydrogen-bond acceptors (Lipinski definition) is 7. The number of morpholine rings is 1. The number of phenolic OH excluding ortho intramolecular Hbond substituents is 1. The molecule has 2 aromatic carbocycles. The van der Waals surface area contributed by atoms with Crippen LogP contribution in [-0.4, -0.2) is 59.5 Å². The Hall–Kier alpha value is -3.36. The molecule has 2 heterocycles. The van der Waals surface area contributed by atoms with Gasteiger partial charge in [0.05, 0.1) is 24.3 Å². The number of carbonyl (C=O) groups is 1. The Morgan fingerprint density at radius 3 is 2.45 bits per heavy atom. The van der Waals surface area contributed by atoms with Gasteiger partial charge in [0, 0.05) is 32.2 Å². The van der Waals surface area contributed by atoms with Gasteiger partial charge in [-0.1, -0.05) is 43.3 Å². The Morgan fingerprint density at radius 1 is 1.16 bits per heavy atom. The van der Waals surface area contributed by atoms with E-state index in [4.69, 9.17) is 14.0 Å². The molecule has 1 aliphatic heterocycles. The van der Waals surface area contributed by atoms with E-state index in [0.717, 1.165) is 44.0 Å². The summed E-state index contributed by atoms with van der Waals surface area (Å²) in [6, 6.07) is 11.6. The van der Waals surface area contributed by atoms with Crippen LogP contribution >= 0.6 is 0 Å². The molecule has 38 heavy (non-hydrogen) atoms. The van der Waals surface area contributed by atoms with Gasteiger partial charge in [-0.15, -0.1) is 0 Å². The molecule has 3 aromatic rings. The second-order valence-electron chi connectivity index (χ2n) is 11.0. The minimum absolute atomic E-state index is 0.00237. The molecule has 0 atom stereocenters. The average molecular weight is 522 g/mol. The van der Waals surface area contributed by atoms with Crippen LogP contribution in [0.4, 0.5) is 0 Å². The fraction of sp³-hybridized carbons (Fsp3) is 0.467. The monoisotopic (exact) mass is 521 g/mol. The summed E-state index contributed by atoms with van der Waals surface area (Å²) >= 11 is 0. The Morgan fingerprint density at radius 2 is 1.84 bits per heavy atom. The standard InChI is InChI=1S/C30H39N3O5/c1-7-31-29(35)27-26(21-10-8-20(9-11-21)18-33-12-14-36-15-13-33)28(38-32-27)23-16-22(19(2)3)25(17-24(23)34)37-30(4,5)6/h8-11,16-17,19,34H,7,12-15,18H2,1-6H3,(H,31,35). The van der Waals surface area contributed by atoms with Crippen molar-refractivity contribution in [1.29, 1.82) is 0 Å². The zero-order valence-electron chi connectivity index (χ0n) is 23.3. The van der Waals surface area contributed by atoms with Gasteiger partial charge in [-0.3, -0.25) is 9.69 Å². The molecule has 4 rings (SSSR count). The van der Waals surface area contributed by atoms with Crippen LogP contribution in [0, 0.1) is 0 Å². The number of aromatic nitrogens is 1. The number of nitrogens with one attached hydrogen (secondary N) is 1. The van der Waals surface area contributed by atoms with Crippen molar-refractivity contribution in [1.82, 2.24) is 15.4 Å². The first-order chi connectivity index (χ1) is 18.1. The third kappa shape index (κ3) is 6.37. The van der Waals surface area contributed by atoms with Gasteiger partial charge in [0.25, 0.3) is 5.91 Å². The summed E-state index contributed by atoms with van der Waals surface area (Å²) in [5, 5.41) is 18.1. The molecule has 0 saturated carbocycles. The van der Waals surface area contributed by atoms with E-state index >= 15 is 0 Å². The van der Waals surface area contributed by atoms with Gasteiger partial charge in [-0.05, 0) is 56.4 Å². The van der Waals surface area contributed by atoms with E-state index in [-0.39, 0.29) is 23.3 Å². The fourth-order valence-electron chi connectivity index (χ4n) is 4.57. The van der Waals surface area contributed by atoms with Gasteiger partial charge in [-0.25, -0.2) is 0 Å². The number of rotatable bonds is 8. The summed E-state index contributed by atoms with van der Waals surface area (Å²) in [5.74, 6) is 0.754. The topological polar surface area (TPSA) is 97.1 Å². The van der Waals surface area contributed by atoms with Crippen molar-refractivity contribution in [3.05, 3.63) is 53.2 Å². The number of amides is 1. The summed E-state index contributed by atoms with van der Waals surface area (Å²) in [6.07, 6.45) is 0. The third-order valence-corrected chi connectivity index (χ3v) is 6.41. The van der Waals surface area contributed by atoms with Gasteiger partial charge < -0.3 is 24.4 Å². The molecule has 8 heteroatoms. The molecule has 0 radical (unpaired) electrons. The van der Waals surface area contributed by atoms with Gasteiger partial charge in [0.2, 0.25) is 0 Å². The lowest BCUT2D eigenvalue weighted by atomic mass is 9.93. The smallest absolute Gasteiger partial charge is 0.274 e. The number of ether oxygens (including phenoxy) is 2. The first-order valence-corrected chi connectivity index (χ1v) is 13.3. The molecular formula is C30H39N3O5. The fourth-order valence-corrected chi connectivity index (χ4v) is 4.57. The summed E-state index contributed by atoms with van der Waals surface area (Å²) in [6.45, 7) is 16.5. The van der Waals surface area contributed by atoms with Crippen molar-refractivity contribution in [2.45, 2.75) is 59.6 Å². The third-order valence-electron chi connectivity index (χ3n) is 6.41. The van der Waals surface area contributed by atoms with Crippen LogP contribution in [-0.2, 0) is 11.3 Å². The quantitative estimate of drug-likeness (QED) is 0.398. The van der Waals surface area contributed by atoms with Crippen LogP contribution in [0.3, 0.4) is 0 Å². The first-order valence-electron chi connectivity index (χ1n) is 13.3. The molecule has 0 spiro atoms. The molecule has 8 nitrogen and oxygen atoms in total. The van der Waals surface area contributed by atoms with Crippen molar-refractivity contribution in [2.24, 2.45) is 0 Å². The molecular weight excluding hydrogens is 482 g/mol. The average Bonchev–Trinajstić information content (AvgIpc) is 3.29. The lowest BCUT2D eigenvalue weighted by molar-refractivity contribution is 0.0342. The Balaban J connectivity index is 1.78. The molecule has 0 bridgehead atoms. The van der Waals surface area contributed by atoms with Crippen molar-refractivity contribution in [3.8, 4) is 33.9 Å². The highest BCUT2D eigenvalue weighted by atomic mass is 16.5. The zero-order valence-corrected chi connectivity index (χ0v) is 23.3. The Kier molecular flexibility index (Phi) is 8.43. The van der Waals surface area contributed by atoms with Crippen LogP contribution in [0.1, 0.15) is 69.1 Å². The second kappa shape index (κ2) is 11.6. The molecule has 0 unspecified atom stereocenters. The van der Waals surface area contributed by atoms with Crippen LogP contribution < -0.4 is 10.1 Å². The van der Waals surface area contributed by atoms with Crippen molar-refractivity contribution in [3.63, 3.8) is 0 Å². The molecule has 1 fully saturated rings. The van der Waals surface area contributed by atoms with Gasteiger partial charge in [0.15, 0.2) is 11.5 Å². The number of aromatic hydroxyl groups is 1. The largest absolute Gasteiger partial charge is 0.507 e. The molecule has 0 aliphatic carbocycles. The molecule has 204 valence electrons. The van der Waals surface area contributed by atoms with E-state index in [0.29, 0.717) is 29.2 Å². The lowest BCUT2D eigenvalue weighted by Crippen LogP contribution is -2.35. The highest BCUT2D eigenvalue weighted by molar-refractivity contribution is 6.02. The predicted octanol–water partition coefficient (Wildman–Crippen LogP) is 5.60. The van der Waals surface area contributed by atoms with Crippen LogP contribution in [0.5, 0.6) is 11.5 Å². The lowest BCUT2D eigenvalue weighted by Gasteiger charge is -2.26. The zero-order chi connectivity index (χ0) is 27.4. The van der Waals surface area contributed by atoms with E-state index in [9.17, 15) is 9.90 Å². The van der Waals surface area contributed by atoms with Gasteiger partial charge >= 0.3 is 0 Å². The van der Waals surface area contributed by atoms with Crippen molar-refractivity contribution in [2.75, 3.05) is 32.8 Å². The highest BCUT2D eigenvalue weighted by Gasteiger charge is 2.28. The Labute approximate surface area is 224 Å². The van der Waals surface area contributed by atoms with Crippen LogP contribution in [0.2, 0.25) is 0 Å². The molecule has 1 aromatic heterocycles. The highest BCUT2D eigenvalue weighted by Crippen LogP contribution is 2.44. The minimum Gasteiger partial charge on any atom is -0.507 e. The van der Waals surface area contributed by atoms with E-state index in [2.05, 4.69) is 41.4 Å². The summed E-state index contributed by atoms with van der Waals surface area (Å²) in [4.78, 5) is 15.3. The summed E-state index contributed by atoms with van der Waals surface area (Å²) < 4.78 is 17.4.